The average molecular weight is 220 g/mol. The van der Waals surface area contributed by atoms with Crippen molar-refractivity contribution < 1.29 is 12.6 Å². The van der Waals surface area contributed by atoms with Crippen LogP contribution in [0, 0.1) is 5.92 Å². The third kappa shape index (κ3) is 1.70. The molecule has 1 aliphatic rings. The molecule has 3 nitrogen and oxygen atoms in total. The fraction of sp³-hybridized carbons (Fsp3) is 1.00. The highest BCUT2D eigenvalue weighted by atomic mass is 32.2. The molecule has 4 heteroatoms. The molecule has 2 atom stereocenters. The van der Waals surface area contributed by atoms with E-state index in [9.17, 15) is 8.42 Å². The molecule has 0 aromatic carbocycles. The van der Waals surface area contributed by atoms with Gasteiger partial charge in [0.05, 0.1) is 5.60 Å². The summed E-state index contributed by atoms with van der Waals surface area (Å²) < 4.78 is 28.2. The maximum absolute atomic E-state index is 11.9. The third-order valence-corrected chi connectivity index (χ3v) is 5.70. The summed E-state index contributed by atoms with van der Waals surface area (Å²) in [6.45, 7) is 9.45. The van der Waals surface area contributed by atoms with Gasteiger partial charge >= 0.3 is 0 Å². The van der Waals surface area contributed by atoms with Gasteiger partial charge in [-0.15, -0.1) is 0 Å². The lowest BCUT2D eigenvalue weighted by atomic mass is 9.84. The lowest BCUT2D eigenvalue weighted by Crippen LogP contribution is -2.37. The van der Waals surface area contributed by atoms with Crippen molar-refractivity contribution in [2.45, 2.75) is 57.8 Å². The maximum atomic E-state index is 11.9. The van der Waals surface area contributed by atoms with E-state index in [0.717, 1.165) is 6.42 Å². The van der Waals surface area contributed by atoms with E-state index in [1.807, 2.05) is 27.7 Å². The summed E-state index contributed by atoms with van der Waals surface area (Å²) >= 11 is 0. The molecule has 84 valence electrons. The average Bonchev–Trinajstić information content (AvgIpc) is 2.15. The van der Waals surface area contributed by atoms with Crippen LogP contribution in [-0.4, -0.2) is 18.8 Å². The Balaban J connectivity index is 3.12. The molecule has 1 heterocycles. The Kier molecular flexibility index (Phi) is 2.74. The summed E-state index contributed by atoms with van der Waals surface area (Å²) in [4.78, 5) is 0. The smallest absolute Gasteiger partial charge is 0.264 e. The quantitative estimate of drug-likeness (QED) is 0.671. The van der Waals surface area contributed by atoms with E-state index in [-0.39, 0.29) is 5.92 Å². The second kappa shape index (κ2) is 3.20. The topological polar surface area (TPSA) is 43.4 Å². The van der Waals surface area contributed by atoms with Crippen LogP contribution in [0.1, 0.15) is 47.5 Å². The molecule has 14 heavy (non-hydrogen) atoms. The fourth-order valence-corrected chi connectivity index (χ4v) is 4.23. The summed E-state index contributed by atoms with van der Waals surface area (Å²) in [6, 6.07) is 0. The minimum Gasteiger partial charge on any atom is -0.264 e. The highest BCUT2D eigenvalue weighted by molar-refractivity contribution is 7.88. The molecule has 0 aromatic heterocycles. The molecule has 0 aromatic rings. The van der Waals surface area contributed by atoms with Crippen LogP contribution in [0.5, 0.6) is 0 Å². The first-order valence-corrected chi connectivity index (χ1v) is 6.50. The minimum absolute atomic E-state index is 0.134. The van der Waals surface area contributed by atoms with E-state index in [1.54, 1.807) is 6.92 Å². The number of hydrogen-bond donors (Lipinski definition) is 0. The molecule has 0 radical (unpaired) electrons. The molecule has 1 saturated heterocycles. The molecule has 0 aliphatic carbocycles. The molecule has 1 fully saturated rings. The van der Waals surface area contributed by atoms with Crippen LogP contribution in [0.3, 0.4) is 0 Å². The van der Waals surface area contributed by atoms with Gasteiger partial charge in [0.2, 0.25) is 0 Å². The Hall–Kier alpha value is -0.0900. The van der Waals surface area contributed by atoms with Gasteiger partial charge in [-0.25, -0.2) is 0 Å². The van der Waals surface area contributed by atoms with Crippen LogP contribution >= 0.6 is 0 Å². The predicted molar refractivity (Wildman–Crippen MR) is 56.6 cm³/mol. The Morgan fingerprint density at radius 3 is 2.14 bits per heavy atom. The van der Waals surface area contributed by atoms with Gasteiger partial charge in [0.1, 0.15) is 4.75 Å². The Morgan fingerprint density at radius 1 is 1.36 bits per heavy atom. The van der Waals surface area contributed by atoms with Crippen LogP contribution in [0.4, 0.5) is 0 Å². The van der Waals surface area contributed by atoms with Crippen molar-refractivity contribution in [1.82, 2.24) is 0 Å². The van der Waals surface area contributed by atoms with Gasteiger partial charge < -0.3 is 0 Å². The Bertz CT molecular complexity index is 318. The van der Waals surface area contributed by atoms with Crippen molar-refractivity contribution in [3.63, 3.8) is 0 Å². The third-order valence-electron chi connectivity index (χ3n) is 3.34. The Labute approximate surface area is 87.0 Å². The zero-order valence-electron chi connectivity index (χ0n) is 9.62. The van der Waals surface area contributed by atoms with Gasteiger partial charge in [-0.1, -0.05) is 20.3 Å². The monoisotopic (exact) mass is 220 g/mol. The highest BCUT2D eigenvalue weighted by Gasteiger charge is 2.55. The zero-order valence-corrected chi connectivity index (χ0v) is 10.4. The lowest BCUT2D eigenvalue weighted by molar-refractivity contribution is 0.134. The number of rotatable bonds is 2. The van der Waals surface area contributed by atoms with Crippen LogP contribution in [0.2, 0.25) is 0 Å². The summed E-state index contributed by atoms with van der Waals surface area (Å²) in [5.41, 5.74) is -0.545. The summed E-state index contributed by atoms with van der Waals surface area (Å²) in [6.07, 6.45) is 1.44. The summed E-state index contributed by atoms with van der Waals surface area (Å²) in [5, 5.41) is 0. The van der Waals surface area contributed by atoms with Gasteiger partial charge in [-0.3, -0.25) is 4.18 Å². The molecule has 0 saturated carbocycles. The summed E-state index contributed by atoms with van der Waals surface area (Å²) in [7, 11) is -3.41. The SMILES string of the molecule is CCC(C)C1(C)CC(C)(C)OS1(=O)=O. The van der Waals surface area contributed by atoms with E-state index in [4.69, 9.17) is 4.18 Å². The number of hydrogen-bond acceptors (Lipinski definition) is 3. The molecule has 0 amide bonds. The lowest BCUT2D eigenvalue weighted by Gasteiger charge is -2.27. The van der Waals surface area contributed by atoms with Gasteiger partial charge in [-0.05, 0) is 33.1 Å². The van der Waals surface area contributed by atoms with Crippen molar-refractivity contribution >= 4 is 10.1 Å². The maximum Gasteiger partial charge on any atom is 0.273 e. The second-order valence-corrected chi connectivity index (χ2v) is 7.10. The van der Waals surface area contributed by atoms with Crippen molar-refractivity contribution in [3.05, 3.63) is 0 Å². The molecule has 0 spiro atoms. The Morgan fingerprint density at radius 2 is 1.86 bits per heavy atom. The van der Waals surface area contributed by atoms with Gasteiger partial charge in [0, 0.05) is 0 Å². The standard InChI is InChI=1S/C10H20O3S/c1-6-8(2)10(5)7-9(3,4)13-14(10,11)12/h8H,6-7H2,1-5H3. The van der Waals surface area contributed by atoms with Gasteiger partial charge in [-0.2, -0.15) is 8.42 Å². The zero-order chi connectivity index (χ0) is 11.2. The van der Waals surface area contributed by atoms with Crippen molar-refractivity contribution in [3.8, 4) is 0 Å². The first-order chi connectivity index (χ1) is 6.15. The predicted octanol–water partition coefficient (Wildman–Crippen LogP) is 2.32. The molecule has 0 N–H and O–H groups in total. The fourth-order valence-electron chi connectivity index (χ4n) is 2.21. The van der Waals surface area contributed by atoms with Gasteiger partial charge in [0.15, 0.2) is 0 Å². The van der Waals surface area contributed by atoms with Crippen molar-refractivity contribution in [2.24, 2.45) is 5.92 Å². The molecule has 2 unspecified atom stereocenters. The van der Waals surface area contributed by atoms with Crippen LogP contribution in [0.25, 0.3) is 0 Å². The van der Waals surface area contributed by atoms with E-state index in [0.29, 0.717) is 6.42 Å². The van der Waals surface area contributed by atoms with E-state index in [2.05, 4.69) is 0 Å². The second-order valence-electron chi connectivity index (χ2n) is 5.10. The van der Waals surface area contributed by atoms with Crippen LogP contribution in [0.15, 0.2) is 0 Å². The van der Waals surface area contributed by atoms with Crippen molar-refractivity contribution in [2.75, 3.05) is 0 Å². The molecule has 1 rings (SSSR count). The molecular formula is C10H20O3S. The normalized spacial score (nSPS) is 36.9. The van der Waals surface area contributed by atoms with Crippen molar-refractivity contribution in [1.29, 1.82) is 0 Å². The highest BCUT2D eigenvalue weighted by Crippen LogP contribution is 2.46. The van der Waals surface area contributed by atoms with Gasteiger partial charge in [0.25, 0.3) is 10.1 Å². The molecule has 1 aliphatic heterocycles. The van der Waals surface area contributed by atoms with E-state index >= 15 is 0 Å². The molecule has 0 bridgehead atoms. The van der Waals surface area contributed by atoms with E-state index < -0.39 is 20.5 Å². The summed E-state index contributed by atoms with van der Waals surface area (Å²) in [5.74, 6) is 0.134. The minimum atomic E-state index is -3.41. The molecular weight excluding hydrogens is 200 g/mol. The largest absolute Gasteiger partial charge is 0.273 e. The first-order valence-electron chi connectivity index (χ1n) is 5.10. The first kappa shape index (κ1) is 12.0. The van der Waals surface area contributed by atoms with Crippen LogP contribution < -0.4 is 0 Å². The van der Waals surface area contributed by atoms with Crippen LogP contribution in [-0.2, 0) is 14.3 Å². The van der Waals surface area contributed by atoms with E-state index in [1.165, 1.54) is 0 Å².